The number of amides is 1. The van der Waals surface area contributed by atoms with Crippen LogP contribution >= 0.6 is 22.9 Å². The van der Waals surface area contributed by atoms with Crippen LogP contribution in [0.2, 0.25) is 5.02 Å². The van der Waals surface area contributed by atoms with E-state index in [4.69, 9.17) is 21.6 Å². The van der Waals surface area contributed by atoms with Crippen LogP contribution in [0.15, 0.2) is 53.3 Å². The molecule has 0 radical (unpaired) electrons. The Morgan fingerprint density at radius 3 is 2.44 bits per heavy atom. The maximum Gasteiger partial charge on any atom is 0.273 e. The Labute approximate surface area is 216 Å². The maximum atomic E-state index is 13.4. The van der Waals surface area contributed by atoms with Gasteiger partial charge in [-0.2, -0.15) is 10.5 Å². The van der Waals surface area contributed by atoms with Crippen molar-refractivity contribution in [1.29, 1.82) is 10.5 Å². The molecule has 182 valence electrons. The molecule has 1 saturated heterocycles. The number of thiazole rings is 1. The molecule has 1 aliphatic rings. The molecule has 3 aromatic rings. The predicted octanol–water partition coefficient (Wildman–Crippen LogP) is 1.38. The number of nitriles is 2. The van der Waals surface area contributed by atoms with Crippen molar-refractivity contribution in [3.63, 3.8) is 0 Å². The lowest BCUT2D eigenvalue weighted by molar-refractivity contribution is -0.115. The van der Waals surface area contributed by atoms with Crippen LogP contribution in [0.1, 0.15) is 11.1 Å². The van der Waals surface area contributed by atoms with Crippen molar-refractivity contribution in [2.75, 3.05) is 39.4 Å². The molecule has 0 aliphatic carbocycles. The van der Waals surface area contributed by atoms with Crippen molar-refractivity contribution in [3.05, 3.63) is 84.2 Å². The molecule has 0 saturated carbocycles. The summed E-state index contributed by atoms with van der Waals surface area (Å²) in [6, 6.07) is 17.5. The van der Waals surface area contributed by atoms with Crippen molar-refractivity contribution in [1.82, 2.24) is 14.8 Å². The number of hydrogen-bond acceptors (Lipinski definition) is 7. The Hall–Kier alpha value is -3.73. The second-order valence-corrected chi connectivity index (χ2v) is 9.43. The first-order valence-electron chi connectivity index (χ1n) is 11.2. The third-order valence-corrected chi connectivity index (χ3v) is 6.96. The van der Waals surface area contributed by atoms with Crippen LogP contribution < -0.4 is 20.1 Å². The largest absolute Gasteiger partial charge is 0.379 e. The minimum Gasteiger partial charge on any atom is -0.379 e. The third kappa shape index (κ3) is 5.91. The van der Waals surface area contributed by atoms with E-state index in [-0.39, 0.29) is 15.8 Å². The van der Waals surface area contributed by atoms with Gasteiger partial charge in [-0.3, -0.25) is 19.1 Å². The van der Waals surface area contributed by atoms with Crippen LogP contribution in [0.5, 0.6) is 0 Å². The highest BCUT2D eigenvalue weighted by molar-refractivity contribution is 7.07. The number of ether oxygens (including phenoxy) is 1. The summed E-state index contributed by atoms with van der Waals surface area (Å²) in [7, 11) is 0. The summed E-state index contributed by atoms with van der Waals surface area (Å²) in [5.41, 5.74) is 1.20. The number of hydrogen-bond donors (Lipinski definition) is 1. The summed E-state index contributed by atoms with van der Waals surface area (Å²) in [4.78, 5) is 28.6. The van der Waals surface area contributed by atoms with Crippen LogP contribution in [-0.2, 0) is 9.53 Å². The minimum absolute atomic E-state index is 0.145. The summed E-state index contributed by atoms with van der Waals surface area (Å²) in [5, 5.41) is 22.2. The molecule has 1 aromatic heterocycles. The molecule has 8 nitrogen and oxygen atoms in total. The van der Waals surface area contributed by atoms with Gasteiger partial charge in [0.1, 0.15) is 10.7 Å². The van der Waals surface area contributed by atoms with E-state index in [0.29, 0.717) is 47.1 Å². The molecule has 0 bridgehead atoms. The van der Waals surface area contributed by atoms with Gasteiger partial charge in [0.25, 0.3) is 11.5 Å². The lowest BCUT2D eigenvalue weighted by Gasteiger charge is -2.26. The van der Waals surface area contributed by atoms with Gasteiger partial charge in [0.15, 0.2) is 5.57 Å². The van der Waals surface area contributed by atoms with Gasteiger partial charge in [0.2, 0.25) is 0 Å². The topological polar surface area (TPSA) is 111 Å². The predicted molar refractivity (Wildman–Crippen MR) is 138 cm³/mol. The smallest absolute Gasteiger partial charge is 0.273 e. The Kier molecular flexibility index (Phi) is 8.32. The van der Waals surface area contributed by atoms with E-state index in [2.05, 4.69) is 16.3 Å². The molecule has 0 unspecified atom stereocenters. The summed E-state index contributed by atoms with van der Waals surface area (Å²) in [6.45, 7) is 3.90. The van der Waals surface area contributed by atoms with E-state index < -0.39 is 5.91 Å². The molecule has 1 aliphatic heterocycles. The summed E-state index contributed by atoms with van der Waals surface area (Å²) < 4.78 is 7.27. The van der Waals surface area contributed by atoms with E-state index in [0.717, 1.165) is 30.0 Å². The van der Waals surface area contributed by atoms with Gasteiger partial charge in [0, 0.05) is 31.2 Å². The van der Waals surface area contributed by atoms with Crippen molar-refractivity contribution < 1.29 is 9.53 Å². The minimum atomic E-state index is -0.542. The number of nitrogens with one attached hydrogen (secondary N) is 1. The Morgan fingerprint density at radius 1 is 1.11 bits per heavy atom. The highest BCUT2D eigenvalue weighted by atomic mass is 35.5. The number of carbonyl (C=O) groups is 1. The maximum absolute atomic E-state index is 13.4. The number of benzene rings is 2. The van der Waals surface area contributed by atoms with E-state index >= 15 is 0 Å². The van der Waals surface area contributed by atoms with Crippen molar-refractivity contribution in [2.45, 2.75) is 0 Å². The number of aromatic nitrogens is 1. The fourth-order valence-electron chi connectivity index (χ4n) is 3.72. The SMILES string of the molecule is N#C/C(C(=O)NCCN1CCOCC1)=c1/s/c(=C/c2ccc(C#N)cc2)c(=O)n1-c1ccc(Cl)cc1. The van der Waals surface area contributed by atoms with Crippen LogP contribution in [-0.4, -0.2) is 54.8 Å². The van der Waals surface area contributed by atoms with Gasteiger partial charge in [-0.1, -0.05) is 23.7 Å². The van der Waals surface area contributed by atoms with Crippen LogP contribution in [0.25, 0.3) is 17.3 Å². The molecular weight excluding hydrogens is 498 g/mol. The monoisotopic (exact) mass is 519 g/mol. The molecule has 36 heavy (non-hydrogen) atoms. The van der Waals surface area contributed by atoms with Gasteiger partial charge >= 0.3 is 0 Å². The normalized spacial score (nSPS) is 15.1. The molecule has 1 amide bonds. The number of halogens is 1. The van der Waals surface area contributed by atoms with Gasteiger partial charge in [0.05, 0.1) is 35.1 Å². The third-order valence-electron chi connectivity index (χ3n) is 5.62. The van der Waals surface area contributed by atoms with Gasteiger partial charge in [-0.25, -0.2) is 0 Å². The van der Waals surface area contributed by atoms with Crippen LogP contribution in [0.3, 0.4) is 0 Å². The quantitative estimate of drug-likeness (QED) is 0.526. The summed E-state index contributed by atoms with van der Waals surface area (Å²) >= 11 is 7.09. The average Bonchev–Trinajstić information content (AvgIpc) is 3.21. The molecule has 0 spiro atoms. The van der Waals surface area contributed by atoms with E-state index in [9.17, 15) is 14.9 Å². The van der Waals surface area contributed by atoms with Crippen molar-refractivity contribution in [2.24, 2.45) is 0 Å². The van der Waals surface area contributed by atoms with E-state index in [1.807, 2.05) is 6.07 Å². The molecule has 4 rings (SSSR count). The number of nitrogens with zero attached hydrogens (tertiary/aromatic N) is 4. The standard InChI is InChI=1S/C26H22ClN5O3S/c27-20-5-7-21(8-6-20)32-25(34)23(15-18-1-3-19(16-28)4-2-18)36-26(32)22(17-29)24(33)30-9-10-31-11-13-35-14-12-31/h1-8,15H,9-14H2,(H,30,33)/b23-15+,26-22-. The summed E-state index contributed by atoms with van der Waals surface area (Å²) in [6.07, 6.45) is 1.68. The van der Waals surface area contributed by atoms with Gasteiger partial charge in [-0.15, -0.1) is 11.3 Å². The second kappa shape index (κ2) is 11.8. The summed E-state index contributed by atoms with van der Waals surface area (Å²) in [5.74, 6) is -0.542. The van der Waals surface area contributed by atoms with Crippen molar-refractivity contribution in [3.8, 4) is 17.8 Å². The Morgan fingerprint density at radius 2 is 1.81 bits per heavy atom. The zero-order valence-corrected chi connectivity index (χ0v) is 20.8. The lowest BCUT2D eigenvalue weighted by atomic mass is 10.1. The highest BCUT2D eigenvalue weighted by Gasteiger charge is 2.18. The van der Waals surface area contributed by atoms with Gasteiger partial charge in [-0.05, 0) is 48.0 Å². The first kappa shape index (κ1) is 25.4. The zero-order valence-electron chi connectivity index (χ0n) is 19.2. The molecule has 1 N–H and O–H groups in total. The number of rotatable bonds is 6. The molecule has 0 atom stereocenters. The fraction of sp³-hybridized carbons (Fsp3) is 0.231. The number of morpholine rings is 1. The molecule has 2 aromatic carbocycles. The highest BCUT2D eigenvalue weighted by Crippen LogP contribution is 2.12. The Bertz CT molecular complexity index is 1510. The van der Waals surface area contributed by atoms with Crippen molar-refractivity contribution >= 4 is 40.5 Å². The molecule has 1 fully saturated rings. The van der Waals surface area contributed by atoms with Crippen LogP contribution in [0.4, 0.5) is 0 Å². The fourth-order valence-corrected chi connectivity index (χ4v) is 4.94. The lowest BCUT2D eigenvalue weighted by Crippen LogP contribution is -2.42. The zero-order chi connectivity index (χ0) is 25.5. The van der Waals surface area contributed by atoms with E-state index in [1.54, 1.807) is 54.6 Å². The number of carbonyl (C=O) groups excluding carboxylic acids is 1. The van der Waals surface area contributed by atoms with Crippen LogP contribution in [0, 0.1) is 22.7 Å². The average molecular weight is 520 g/mol. The first-order chi connectivity index (χ1) is 17.5. The molecule has 10 heteroatoms. The van der Waals surface area contributed by atoms with E-state index in [1.165, 1.54) is 4.57 Å². The Balaban J connectivity index is 1.76. The molecular formula is C26H22ClN5O3S. The first-order valence-corrected chi connectivity index (χ1v) is 12.4. The second-order valence-electron chi connectivity index (χ2n) is 7.96. The van der Waals surface area contributed by atoms with Gasteiger partial charge < -0.3 is 10.1 Å². The molecule has 2 heterocycles.